The highest BCUT2D eigenvalue weighted by molar-refractivity contribution is 6.33. The van der Waals surface area contributed by atoms with E-state index in [2.05, 4.69) is 25.8 Å². The second kappa shape index (κ2) is 11.7. The molecule has 4 heterocycles. The predicted molar refractivity (Wildman–Crippen MR) is 147 cm³/mol. The van der Waals surface area contributed by atoms with Gasteiger partial charge in [0, 0.05) is 51.0 Å². The van der Waals surface area contributed by atoms with Crippen LogP contribution in [0.2, 0.25) is 10.0 Å². The lowest BCUT2D eigenvalue weighted by Gasteiger charge is -2.38. The van der Waals surface area contributed by atoms with Gasteiger partial charge in [-0.25, -0.2) is 19.2 Å². The van der Waals surface area contributed by atoms with Crippen LogP contribution in [0.15, 0.2) is 42.6 Å². The molecule has 0 spiro atoms. The van der Waals surface area contributed by atoms with E-state index in [1.54, 1.807) is 25.1 Å². The molecule has 0 atom stereocenters. The average Bonchev–Trinajstić information content (AvgIpc) is 2.95. The van der Waals surface area contributed by atoms with Gasteiger partial charge in [0.15, 0.2) is 0 Å². The molecule has 2 aliphatic rings. The number of hydrogen-bond acceptors (Lipinski definition) is 8. The lowest BCUT2D eigenvalue weighted by Crippen LogP contribution is -2.47. The van der Waals surface area contributed by atoms with Crippen LogP contribution < -0.4 is 14.7 Å². The Labute approximate surface area is 230 Å². The van der Waals surface area contributed by atoms with Crippen molar-refractivity contribution in [3.8, 4) is 11.3 Å². The van der Waals surface area contributed by atoms with Crippen LogP contribution in [0.3, 0.4) is 0 Å². The van der Waals surface area contributed by atoms with Crippen LogP contribution in [-0.4, -0.2) is 75.0 Å². The van der Waals surface area contributed by atoms with E-state index in [-0.39, 0.29) is 11.6 Å². The predicted octanol–water partition coefficient (Wildman–Crippen LogP) is 4.93. The molecule has 0 radical (unpaired) electrons. The molecule has 1 aromatic carbocycles. The minimum atomic E-state index is -0.465. The van der Waals surface area contributed by atoms with E-state index in [0.29, 0.717) is 55.8 Å². The first kappa shape index (κ1) is 26.5. The maximum atomic E-state index is 14.0. The standard InChI is InChI=1S/C27H28Cl2FN5O3/c1-2-38-27(36)19-16-21(29)26(31-17-19)35-9-7-33(8-10-35)23-5-6-24(34-11-13-37-14-12-34)32-25(23)18-3-4-22(30)20(28)15-18/h3-6,15-17H,2,7-14H2,1H3. The number of morpholine rings is 1. The van der Waals surface area contributed by atoms with Crippen molar-refractivity contribution in [1.82, 2.24) is 9.97 Å². The third-order valence-corrected chi connectivity index (χ3v) is 7.21. The van der Waals surface area contributed by atoms with Crippen molar-refractivity contribution in [2.75, 3.05) is 73.8 Å². The minimum Gasteiger partial charge on any atom is -0.462 e. The lowest BCUT2D eigenvalue weighted by atomic mass is 10.1. The fourth-order valence-corrected chi connectivity index (χ4v) is 5.14. The van der Waals surface area contributed by atoms with Gasteiger partial charge in [0.2, 0.25) is 0 Å². The zero-order chi connectivity index (χ0) is 26.6. The Balaban J connectivity index is 1.38. The van der Waals surface area contributed by atoms with Gasteiger partial charge in [0.1, 0.15) is 17.5 Å². The number of piperazine rings is 1. The van der Waals surface area contributed by atoms with E-state index in [0.717, 1.165) is 35.9 Å². The van der Waals surface area contributed by atoms with Gasteiger partial charge in [-0.05, 0) is 43.3 Å². The largest absolute Gasteiger partial charge is 0.462 e. The smallest absolute Gasteiger partial charge is 0.339 e. The Morgan fingerprint density at radius 2 is 1.71 bits per heavy atom. The number of ether oxygens (including phenoxy) is 2. The first-order chi connectivity index (χ1) is 18.4. The number of anilines is 3. The maximum absolute atomic E-state index is 14.0. The lowest BCUT2D eigenvalue weighted by molar-refractivity contribution is 0.0526. The van der Waals surface area contributed by atoms with E-state index in [1.165, 1.54) is 12.3 Å². The molecule has 8 nitrogen and oxygen atoms in total. The summed E-state index contributed by atoms with van der Waals surface area (Å²) in [6.07, 6.45) is 1.50. The molecule has 3 aromatic rings. The molecule has 11 heteroatoms. The number of benzene rings is 1. The molecule has 0 saturated carbocycles. The molecule has 38 heavy (non-hydrogen) atoms. The molecule has 0 amide bonds. The molecule has 200 valence electrons. The van der Waals surface area contributed by atoms with Crippen molar-refractivity contribution in [2.24, 2.45) is 0 Å². The maximum Gasteiger partial charge on any atom is 0.339 e. The average molecular weight is 560 g/mol. The van der Waals surface area contributed by atoms with Crippen LogP contribution in [0.5, 0.6) is 0 Å². The van der Waals surface area contributed by atoms with Crippen molar-refractivity contribution >= 4 is 46.5 Å². The van der Waals surface area contributed by atoms with E-state index in [1.807, 2.05) is 6.07 Å². The molecular formula is C27H28Cl2FN5O3. The van der Waals surface area contributed by atoms with Crippen LogP contribution in [-0.2, 0) is 9.47 Å². The van der Waals surface area contributed by atoms with Crippen molar-refractivity contribution in [2.45, 2.75) is 6.92 Å². The van der Waals surface area contributed by atoms with Gasteiger partial charge in [-0.2, -0.15) is 0 Å². The van der Waals surface area contributed by atoms with Crippen LogP contribution >= 0.6 is 23.2 Å². The van der Waals surface area contributed by atoms with E-state index in [9.17, 15) is 9.18 Å². The second-order valence-corrected chi connectivity index (χ2v) is 9.80. The first-order valence-electron chi connectivity index (χ1n) is 12.6. The summed E-state index contributed by atoms with van der Waals surface area (Å²) in [5.74, 6) is 0.572. The quantitative estimate of drug-likeness (QED) is 0.394. The third-order valence-electron chi connectivity index (χ3n) is 6.64. The number of carbonyl (C=O) groups excluding carboxylic acids is 1. The van der Waals surface area contributed by atoms with Crippen LogP contribution in [0.25, 0.3) is 11.3 Å². The van der Waals surface area contributed by atoms with Crippen molar-refractivity contribution in [1.29, 1.82) is 0 Å². The number of hydrogen-bond donors (Lipinski definition) is 0. The van der Waals surface area contributed by atoms with Gasteiger partial charge < -0.3 is 24.2 Å². The normalized spacial score (nSPS) is 16.1. The summed E-state index contributed by atoms with van der Waals surface area (Å²) in [6, 6.07) is 10.4. The summed E-state index contributed by atoms with van der Waals surface area (Å²) in [7, 11) is 0. The summed E-state index contributed by atoms with van der Waals surface area (Å²) >= 11 is 12.6. The van der Waals surface area contributed by atoms with Crippen LogP contribution in [0, 0.1) is 5.82 Å². The third kappa shape index (κ3) is 5.65. The summed E-state index contributed by atoms with van der Waals surface area (Å²) in [5.41, 5.74) is 2.77. The Bertz CT molecular complexity index is 1310. The van der Waals surface area contributed by atoms with Gasteiger partial charge in [-0.3, -0.25) is 0 Å². The van der Waals surface area contributed by atoms with Gasteiger partial charge in [0.25, 0.3) is 0 Å². The van der Waals surface area contributed by atoms with E-state index in [4.69, 9.17) is 37.7 Å². The number of rotatable bonds is 6. The van der Waals surface area contributed by atoms with E-state index >= 15 is 0 Å². The summed E-state index contributed by atoms with van der Waals surface area (Å²) < 4.78 is 24.5. The fourth-order valence-electron chi connectivity index (χ4n) is 4.67. The SMILES string of the molecule is CCOC(=O)c1cnc(N2CCN(c3ccc(N4CCOCC4)nc3-c3ccc(F)c(Cl)c3)CC2)c(Cl)c1. The molecule has 5 rings (SSSR count). The molecule has 2 aliphatic heterocycles. The van der Waals surface area contributed by atoms with Crippen molar-refractivity contribution < 1.29 is 18.7 Å². The molecule has 0 bridgehead atoms. The molecule has 0 N–H and O–H groups in total. The van der Waals surface area contributed by atoms with Gasteiger partial charge in [-0.15, -0.1) is 0 Å². The van der Waals surface area contributed by atoms with Gasteiger partial charge in [-0.1, -0.05) is 23.2 Å². The number of aromatic nitrogens is 2. The van der Waals surface area contributed by atoms with Crippen molar-refractivity contribution in [3.05, 3.63) is 64.0 Å². The molecule has 0 aliphatic carbocycles. The highest BCUT2D eigenvalue weighted by Gasteiger charge is 2.25. The Hall–Kier alpha value is -3.14. The van der Waals surface area contributed by atoms with Gasteiger partial charge in [0.05, 0.1) is 46.8 Å². The Morgan fingerprint density at radius 1 is 0.974 bits per heavy atom. The minimum absolute atomic E-state index is 0.0591. The molecular weight excluding hydrogens is 532 g/mol. The topological polar surface area (TPSA) is 71.0 Å². The molecule has 2 aromatic heterocycles. The summed E-state index contributed by atoms with van der Waals surface area (Å²) in [6.45, 7) is 7.59. The second-order valence-electron chi connectivity index (χ2n) is 8.99. The number of carbonyl (C=O) groups is 1. The van der Waals surface area contributed by atoms with Gasteiger partial charge >= 0.3 is 5.97 Å². The number of halogens is 3. The zero-order valence-electron chi connectivity index (χ0n) is 21.0. The Kier molecular flexibility index (Phi) is 8.16. The monoisotopic (exact) mass is 559 g/mol. The number of nitrogens with zero attached hydrogens (tertiary/aromatic N) is 5. The summed E-state index contributed by atoms with van der Waals surface area (Å²) in [4.78, 5) is 28.0. The van der Waals surface area contributed by atoms with Crippen LogP contribution in [0.1, 0.15) is 17.3 Å². The molecule has 2 saturated heterocycles. The highest BCUT2D eigenvalue weighted by Crippen LogP contribution is 2.35. The first-order valence-corrected chi connectivity index (χ1v) is 13.3. The zero-order valence-corrected chi connectivity index (χ0v) is 22.5. The number of pyridine rings is 2. The highest BCUT2D eigenvalue weighted by atomic mass is 35.5. The molecule has 2 fully saturated rings. The number of esters is 1. The van der Waals surface area contributed by atoms with Crippen molar-refractivity contribution in [3.63, 3.8) is 0 Å². The van der Waals surface area contributed by atoms with Crippen LogP contribution in [0.4, 0.5) is 21.7 Å². The molecule has 0 unspecified atom stereocenters. The summed E-state index contributed by atoms with van der Waals surface area (Å²) in [5, 5.41) is 0.464. The van der Waals surface area contributed by atoms with E-state index < -0.39 is 11.8 Å². The fraction of sp³-hybridized carbons (Fsp3) is 0.370. The Morgan fingerprint density at radius 3 is 2.39 bits per heavy atom.